The lowest BCUT2D eigenvalue weighted by molar-refractivity contribution is -0.384. The van der Waals surface area contributed by atoms with E-state index in [9.17, 15) is 14.9 Å². The van der Waals surface area contributed by atoms with Crippen LogP contribution in [0, 0.1) is 10.1 Å². The Labute approximate surface area is 163 Å². The van der Waals surface area contributed by atoms with Crippen LogP contribution in [0.25, 0.3) is 10.2 Å². The maximum atomic E-state index is 12.6. The molecule has 138 valence electrons. The minimum Gasteiger partial charge on any atom is -0.366 e. The first-order valence-corrected chi connectivity index (χ1v) is 9.61. The molecule has 7 nitrogen and oxygen atoms in total. The van der Waals surface area contributed by atoms with Gasteiger partial charge in [0.05, 0.1) is 15.1 Å². The minimum atomic E-state index is -0.440. The van der Waals surface area contributed by atoms with Gasteiger partial charge in [0.1, 0.15) is 5.69 Å². The molecule has 1 aromatic heterocycles. The van der Waals surface area contributed by atoms with Crippen molar-refractivity contribution in [3.05, 3.63) is 57.1 Å². The van der Waals surface area contributed by atoms with E-state index in [0.29, 0.717) is 15.8 Å². The van der Waals surface area contributed by atoms with Crippen LogP contribution in [0.15, 0.2) is 36.4 Å². The van der Waals surface area contributed by atoms with E-state index >= 15 is 0 Å². The van der Waals surface area contributed by atoms with Gasteiger partial charge in [0.25, 0.3) is 11.6 Å². The Morgan fingerprint density at radius 3 is 2.74 bits per heavy atom. The Kier molecular flexibility index (Phi) is 4.67. The van der Waals surface area contributed by atoms with Gasteiger partial charge in [-0.3, -0.25) is 20.2 Å². The van der Waals surface area contributed by atoms with E-state index < -0.39 is 10.8 Å². The molecule has 2 aromatic carbocycles. The van der Waals surface area contributed by atoms with E-state index in [1.54, 1.807) is 30.3 Å². The molecule has 2 heterocycles. The molecule has 3 aromatic rings. The van der Waals surface area contributed by atoms with Crippen molar-refractivity contribution in [1.29, 1.82) is 0 Å². The van der Waals surface area contributed by atoms with E-state index in [4.69, 9.17) is 11.6 Å². The first kappa shape index (κ1) is 17.7. The number of thiazole rings is 1. The van der Waals surface area contributed by atoms with Crippen molar-refractivity contribution in [1.82, 2.24) is 4.98 Å². The highest BCUT2D eigenvalue weighted by Crippen LogP contribution is 2.32. The second-order valence-electron chi connectivity index (χ2n) is 6.24. The quantitative estimate of drug-likeness (QED) is 0.504. The number of aromatic nitrogens is 1. The topological polar surface area (TPSA) is 88.4 Å². The van der Waals surface area contributed by atoms with Crippen LogP contribution in [0.2, 0.25) is 5.02 Å². The molecule has 0 saturated carbocycles. The van der Waals surface area contributed by atoms with Gasteiger partial charge in [-0.1, -0.05) is 22.9 Å². The molecule has 1 aliphatic rings. The number of carbonyl (C=O) groups excluding carboxylic acids is 1. The van der Waals surface area contributed by atoms with Gasteiger partial charge in [-0.2, -0.15) is 0 Å². The summed E-state index contributed by atoms with van der Waals surface area (Å²) in [6, 6.07) is 9.87. The van der Waals surface area contributed by atoms with Gasteiger partial charge in [0.2, 0.25) is 0 Å². The van der Waals surface area contributed by atoms with Gasteiger partial charge in [0.15, 0.2) is 5.13 Å². The molecule has 1 fully saturated rings. The largest absolute Gasteiger partial charge is 0.366 e. The molecule has 0 radical (unpaired) electrons. The molecule has 0 atom stereocenters. The fourth-order valence-corrected chi connectivity index (χ4v) is 4.29. The summed E-state index contributed by atoms with van der Waals surface area (Å²) in [6.45, 7) is 1.58. The van der Waals surface area contributed by atoms with Gasteiger partial charge >= 0.3 is 0 Å². The summed E-state index contributed by atoms with van der Waals surface area (Å²) in [5.41, 5.74) is 1.46. The summed E-state index contributed by atoms with van der Waals surface area (Å²) < 4.78 is 0.855. The Bertz CT molecular complexity index is 1050. The van der Waals surface area contributed by atoms with Gasteiger partial charge in [0, 0.05) is 29.7 Å². The van der Waals surface area contributed by atoms with Crippen LogP contribution in [0.5, 0.6) is 0 Å². The van der Waals surface area contributed by atoms with Crippen LogP contribution in [0.3, 0.4) is 0 Å². The molecule has 1 aliphatic heterocycles. The number of carbonyl (C=O) groups is 1. The van der Waals surface area contributed by atoms with Crippen LogP contribution in [-0.2, 0) is 0 Å². The van der Waals surface area contributed by atoms with Crippen molar-refractivity contribution >= 4 is 55.6 Å². The molecule has 0 bridgehead atoms. The van der Waals surface area contributed by atoms with Gasteiger partial charge < -0.3 is 4.90 Å². The minimum absolute atomic E-state index is 0.0550. The zero-order valence-corrected chi connectivity index (χ0v) is 15.7. The van der Waals surface area contributed by atoms with Crippen LogP contribution >= 0.6 is 22.9 Å². The van der Waals surface area contributed by atoms with E-state index in [1.165, 1.54) is 17.4 Å². The highest BCUT2D eigenvalue weighted by Gasteiger charge is 2.24. The Morgan fingerprint density at radius 2 is 2.00 bits per heavy atom. The predicted octanol–water partition coefficient (Wildman–Crippen LogP) is 4.71. The van der Waals surface area contributed by atoms with Gasteiger partial charge in [-0.05, 0) is 43.2 Å². The number of halogens is 1. The van der Waals surface area contributed by atoms with E-state index in [1.807, 2.05) is 4.90 Å². The summed E-state index contributed by atoms with van der Waals surface area (Å²) >= 11 is 7.27. The Balaban J connectivity index is 1.60. The van der Waals surface area contributed by atoms with Crippen molar-refractivity contribution in [3.8, 4) is 0 Å². The smallest absolute Gasteiger partial charge is 0.293 e. The highest BCUT2D eigenvalue weighted by atomic mass is 35.5. The maximum Gasteiger partial charge on any atom is 0.293 e. The molecular formula is C18H15ClN4O3S. The number of anilines is 2. The summed E-state index contributed by atoms with van der Waals surface area (Å²) in [5.74, 6) is -0.434. The highest BCUT2D eigenvalue weighted by molar-refractivity contribution is 7.22. The summed E-state index contributed by atoms with van der Waals surface area (Å²) in [5, 5.41) is 15.2. The number of nitro groups is 1. The first-order valence-electron chi connectivity index (χ1n) is 8.42. The molecule has 0 spiro atoms. The number of fused-ring (bicyclic) bond motifs is 1. The number of nitrogens with one attached hydrogen (secondary N) is 1. The summed E-state index contributed by atoms with van der Waals surface area (Å²) in [6.07, 6.45) is 2.03. The van der Waals surface area contributed by atoms with Crippen molar-refractivity contribution < 1.29 is 9.72 Å². The average Bonchev–Trinajstić information content (AvgIpc) is 3.30. The SMILES string of the molecule is O=C(Nc1nc2ccc(Cl)cc2s1)c1ccc(N2CCCC2)c([N+](=O)[O-])c1. The van der Waals surface area contributed by atoms with Crippen molar-refractivity contribution in [2.75, 3.05) is 23.3 Å². The number of benzene rings is 2. The van der Waals surface area contributed by atoms with Crippen molar-refractivity contribution in [2.45, 2.75) is 12.8 Å². The number of nitrogens with zero attached hydrogens (tertiary/aromatic N) is 3. The maximum absolute atomic E-state index is 12.6. The second-order valence-corrected chi connectivity index (χ2v) is 7.71. The molecule has 27 heavy (non-hydrogen) atoms. The lowest BCUT2D eigenvalue weighted by Crippen LogP contribution is -2.19. The van der Waals surface area contributed by atoms with Crippen molar-refractivity contribution in [2.24, 2.45) is 0 Å². The number of nitro benzene ring substituents is 1. The number of hydrogen-bond donors (Lipinski definition) is 1. The number of rotatable bonds is 4. The monoisotopic (exact) mass is 402 g/mol. The molecule has 0 aliphatic carbocycles. The molecular weight excluding hydrogens is 388 g/mol. The zero-order valence-electron chi connectivity index (χ0n) is 14.1. The lowest BCUT2D eigenvalue weighted by atomic mass is 10.1. The normalized spacial score (nSPS) is 13.9. The molecule has 4 rings (SSSR count). The molecule has 1 saturated heterocycles. The summed E-state index contributed by atoms with van der Waals surface area (Å²) in [7, 11) is 0. The predicted molar refractivity (Wildman–Crippen MR) is 107 cm³/mol. The van der Waals surface area contributed by atoms with Crippen LogP contribution in [0.4, 0.5) is 16.5 Å². The van der Waals surface area contributed by atoms with E-state index in [0.717, 1.165) is 36.1 Å². The van der Waals surface area contributed by atoms with E-state index in [2.05, 4.69) is 10.3 Å². The van der Waals surface area contributed by atoms with Crippen molar-refractivity contribution in [3.63, 3.8) is 0 Å². The van der Waals surface area contributed by atoms with E-state index in [-0.39, 0.29) is 11.3 Å². The Hall–Kier alpha value is -2.71. The fraction of sp³-hybridized carbons (Fsp3) is 0.222. The Morgan fingerprint density at radius 1 is 1.22 bits per heavy atom. The average molecular weight is 403 g/mol. The standard InChI is InChI=1S/C18H15ClN4O3S/c19-12-4-5-13-16(10-12)27-18(20-13)21-17(24)11-3-6-14(15(9-11)23(25)26)22-7-1-2-8-22/h3-6,9-10H,1-2,7-8H2,(H,20,21,24). The molecule has 9 heteroatoms. The van der Waals surface area contributed by atoms with Crippen LogP contribution in [0.1, 0.15) is 23.2 Å². The molecule has 0 unspecified atom stereocenters. The second kappa shape index (κ2) is 7.13. The summed E-state index contributed by atoms with van der Waals surface area (Å²) in [4.78, 5) is 29.9. The third-order valence-electron chi connectivity index (χ3n) is 4.45. The fourth-order valence-electron chi connectivity index (χ4n) is 3.16. The third-order valence-corrected chi connectivity index (χ3v) is 5.62. The zero-order chi connectivity index (χ0) is 19.0. The van der Waals surface area contributed by atoms with Gasteiger partial charge in [-0.25, -0.2) is 4.98 Å². The lowest BCUT2D eigenvalue weighted by Gasteiger charge is -2.17. The van der Waals surface area contributed by atoms with Crippen LogP contribution < -0.4 is 10.2 Å². The van der Waals surface area contributed by atoms with Gasteiger partial charge in [-0.15, -0.1) is 0 Å². The first-order chi connectivity index (χ1) is 13.0. The molecule has 1 N–H and O–H groups in total. The number of hydrogen-bond acceptors (Lipinski definition) is 6. The number of amides is 1. The van der Waals surface area contributed by atoms with Crippen LogP contribution in [-0.4, -0.2) is 28.9 Å². The third kappa shape index (κ3) is 3.58. The molecule has 1 amide bonds.